The zero-order valence-corrected chi connectivity index (χ0v) is 17.6. The summed E-state index contributed by atoms with van der Waals surface area (Å²) in [5.74, 6) is -1.06. The lowest BCUT2D eigenvalue weighted by Crippen LogP contribution is -2.49. The lowest BCUT2D eigenvalue weighted by Gasteiger charge is -2.33. The molecule has 0 radical (unpaired) electrons. The summed E-state index contributed by atoms with van der Waals surface area (Å²) in [6.45, 7) is -0.756. The molecule has 0 aliphatic carbocycles. The third-order valence-electron chi connectivity index (χ3n) is 4.62. The van der Waals surface area contributed by atoms with E-state index in [-0.39, 0.29) is 37.4 Å². The van der Waals surface area contributed by atoms with Crippen molar-refractivity contribution >= 4 is 16.1 Å². The molecule has 2 rings (SSSR count). The van der Waals surface area contributed by atoms with Gasteiger partial charge in [0.2, 0.25) is 10.0 Å². The molecule has 0 saturated carbocycles. The van der Waals surface area contributed by atoms with Crippen molar-refractivity contribution in [1.29, 1.82) is 0 Å². The smallest absolute Gasteiger partial charge is 0.426 e. The van der Waals surface area contributed by atoms with Gasteiger partial charge >= 0.3 is 24.8 Å². The number of ether oxygens (including phenoxy) is 2. The first-order valence-electron chi connectivity index (χ1n) is 9.33. The Morgan fingerprint density at radius 1 is 0.971 bits per heavy atom. The summed E-state index contributed by atoms with van der Waals surface area (Å²) in [4.78, 5) is 12.0. The molecule has 1 heterocycles. The number of hydrogen-bond acceptors (Lipinski definition) is 5. The molecule has 1 aliphatic heterocycles. The third kappa shape index (κ3) is 8.11. The van der Waals surface area contributed by atoms with Crippen LogP contribution in [0, 0.1) is 5.92 Å². The van der Waals surface area contributed by atoms with Gasteiger partial charge in [-0.15, -0.1) is 13.2 Å². The number of alkyl halides is 9. The van der Waals surface area contributed by atoms with Crippen LogP contribution in [0.1, 0.15) is 12.8 Å². The van der Waals surface area contributed by atoms with E-state index < -0.39 is 52.6 Å². The van der Waals surface area contributed by atoms with Gasteiger partial charge in [-0.2, -0.15) is 26.3 Å². The number of halogens is 9. The number of benzene rings is 1. The lowest BCUT2D eigenvalue weighted by atomic mass is 9.97. The van der Waals surface area contributed by atoms with Gasteiger partial charge in [0.1, 0.15) is 5.75 Å². The van der Waals surface area contributed by atoms with Gasteiger partial charge < -0.3 is 14.4 Å². The second-order valence-electron chi connectivity index (χ2n) is 7.15. The Hall–Kier alpha value is -2.43. The van der Waals surface area contributed by atoms with Crippen molar-refractivity contribution in [3.63, 3.8) is 0 Å². The molecule has 1 saturated heterocycles. The fourth-order valence-corrected chi connectivity index (χ4v) is 4.06. The minimum atomic E-state index is -5.85. The Morgan fingerprint density at radius 3 is 1.91 bits per heavy atom. The van der Waals surface area contributed by atoms with Crippen LogP contribution in [0.25, 0.3) is 0 Å². The Balaban J connectivity index is 1.87. The summed E-state index contributed by atoms with van der Waals surface area (Å²) in [5, 5.41) is 0. The maximum Gasteiger partial charge on any atom is 0.573 e. The number of nitrogens with zero attached hydrogens (tertiary/aromatic N) is 1. The van der Waals surface area contributed by atoms with Crippen LogP contribution in [0.3, 0.4) is 0 Å². The average molecular weight is 532 g/mol. The van der Waals surface area contributed by atoms with Crippen molar-refractivity contribution in [2.45, 2.75) is 42.6 Å². The monoisotopic (exact) mass is 532 g/mol. The third-order valence-corrected chi connectivity index (χ3v) is 6.06. The fourth-order valence-electron chi connectivity index (χ4n) is 2.95. The van der Waals surface area contributed by atoms with Crippen LogP contribution in [0.2, 0.25) is 0 Å². The Bertz CT molecular complexity index is 924. The second kappa shape index (κ2) is 10.1. The number of piperidine rings is 1. The Morgan fingerprint density at radius 2 is 1.47 bits per heavy atom. The van der Waals surface area contributed by atoms with Crippen molar-refractivity contribution in [2.24, 2.45) is 5.92 Å². The SMILES string of the molecule is O=C(OC(C(F)(F)F)C(F)(F)F)N1CCC(CNS(=O)(=O)c2ccc(OC(F)(F)F)cc2)CC1. The molecule has 1 N–H and O–H groups in total. The number of rotatable bonds is 6. The van der Waals surface area contributed by atoms with Crippen LogP contribution in [0.15, 0.2) is 29.2 Å². The van der Waals surface area contributed by atoms with E-state index in [9.17, 15) is 52.7 Å². The van der Waals surface area contributed by atoms with Gasteiger partial charge in [-0.05, 0) is 43.0 Å². The minimum Gasteiger partial charge on any atom is -0.426 e. The standard InChI is InChI=1S/C17H17F9N2O5S/c18-15(19,20)13(16(21,22)23)32-14(29)28-7-5-10(6-8-28)9-27-34(30,31)12-3-1-11(2-4-12)33-17(24,25)26/h1-4,10,13,27H,5-9H2. The highest BCUT2D eigenvalue weighted by Crippen LogP contribution is 2.36. The topological polar surface area (TPSA) is 84.9 Å². The van der Waals surface area contributed by atoms with Crippen molar-refractivity contribution < 1.29 is 62.2 Å². The van der Waals surface area contributed by atoms with Gasteiger partial charge in [0, 0.05) is 19.6 Å². The molecule has 34 heavy (non-hydrogen) atoms. The first-order chi connectivity index (χ1) is 15.4. The number of likely N-dealkylation sites (tertiary alicyclic amines) is 1. The van der Waals surface area contributed by atoms with Crippen LogP contribution >= 0.6 is 0 Å². The van der Waals surface area contributed by atoms with Gasteiger partial charge in [0.15, 0.2) is 0 Å². The molecule has 0 atom stereocenters. The van der Waals surface area contributed by atoms with Gasteiger partial charge in [0.05, 0.1) is 4.90 Å². The molecule has 194 valence electrons. The number of carbonyl (C=O) groups excluding carboxylic acids is 1. The van der Waals surface area contributed by atoms with Crippen molar-refractivity contribution in [3.8, 4) is 5.75 Å². The largest absolute Gasteiger partial charge is 0.573 e. The summed E-state index contributed by atoms with van der Waals surface area (Å²) >= 11 is 0. The number of nitrogens with one attached hydrogen (secondary N) is 1. The van der Waals surface area contributed by atoms with E-state index in [1.54, 1.807) is 0 Å². The number of carbonyl (C=O) groups is 1. The van der Waals surface area contributed by atoms with Gasteiger partial charge in [-0.1, -0.05) is 0 Å². The Kier molecular flexibility index (Phi) is 8.22. The summed E-state index contributed by atoms with van der Waals surface area (Å²) in [7, 11) is -4.14. The highest BCUT2D eigenvalue weighted by Gasteiger charge is 2.60. The van der Waals surface area contributed by atoms with Crippen molar-refractivity contribution in [2.75, 3.05) is 19.6 Å². The molecule has 1 fully saturated rings. The van der Waals surface area contributed by atoms with E-state index >= 15 is 0 Å². The summed E-state index contributed by atoms with van der Waals surface area (Å²) in [5.41, 5.74) is 0. The number of amides is 1. The first-order valence-corrected chi connectivity index (χ1v) is 10.8. The van der Waals surface area contributed by atoms with Crippen LogP contribution < -0.4 is 9.46 Å². The van der Waals surface area contributed by atoms with E-state index in [0.29, 0.717) is 4.90 Å². The van der Waals surface area contributed by atoms with E-state index in [4.69, 9.17) is 0 Å². The van der Waals surface area contributed by atoms with Gasteiger partial charge in [-0.3, -0.25) is 0 Å². The zero-order valence-electron chi connectivity index (χ0n) is 16.8. The zero-order chi connectivity index (χ0) is 25.9. The maximum atomic E-state index is 12.5. The van der Waals surface area contributed by atoms with Crippen LogP contribution in [-0.4, -0.2) is 63.9 Å². The van der Waals surface area contributed by atoms with E-state index in [1.807, 2.05) is 0 Å². The molecular formula is C17H17F9N2O5S. The minimum absolute atomic E-state index is 0.0404. The molecule has 0 bridgehead atoms. The predicted molar refractivity (Wildman–Crippen MR) is 95.0 cm³/mol. The number of sulfonamides is 1. The van der Waals surface area contributed by atoms with Gasteiger partial charge in [0.25, 0.3) is 6.10 Å². The molecule has 1 amide bonds. The van der Waals surface area contributed by atoms with Crippen molar-refractivity contribution in [3.05, 3.63) is 24.3 Å². The lowest BCUT2D eigenvalue weighted by molar-refractivity contribution is -0.308. The molecule has 1 aromatic rings. The molecule has 7 nitrogen and oxygen atoms in total. The summed E-state index contributed by atoms with van der Waals surface area (Å²) in [6.07, 6.45) is -22.6. The molecule has 17 heteroatoms. The highest BCUT2D eigenvalue weighted by atomic mass is 32.2. The Labute approximate surface area is 186 Å². The molecule has 1 aliphatic rings. The van der Waals surface area contributed by atoms with E-state index in [2.05, 4.69) is 14.2 Å². The van der Waals surface area contributed by atoms with Crippen LogP contribution in [0.5, 0.6) is 5.75 Å². The van der Waals surface area contributed by atoms with Crippen LogP contribution in [0.4, 0.5) is 44.3 Å². The van der Waals surface area contributed by atoms with Crippen molar-refractivity contribution in [1.82, 2.24) is 9.62 Å². The highest BCUT2D eigenvalue weighted by molar-refractivity contribution is 7.89. The summed E-state index contributed by atoms with van der Waals surface area (Å²) < 4.78 is 146. The average Bonchev–Trinajstić information content (AvgIpc) is 2.68. The molecule has 0 unspecified atom stereocenters. The molecule has 0 spiro atoms. The van der Waals surface area contributed by atoms with Crippen LogP contribution in [-0.2, 0) is 14.8 Å². The summed E-state index contributed by atoms with van der Waals surface area (Å²) in [6, 6.07) is 3.34. The molecule has 0 aromatic heterocycles. The quantitative estimate of drug-likeness (QED) is 0.556. The normalized spacial score (nSPS) is 16.6. The first kappa shape index (κ1) is 27.8. The molecular weight excluding hydrogens is 515 g/mol. The second-order valence-corrected chi connectivity index (χ2v) is 8.92. The predicted octanol–water partition coefficient (Wildman–Crippen LogP) is 4.21. The molecule has 1 aromatic carbocycles. The maximum absolute atomic E-state index is 12.5. The van der Waals surface area contributed by atoms with Gasteiger partial charge in [-0.25, -0.2) is 17.9 Å². The number of hydrogen-bond donors (Lipinski definition) is 1. The van der Waals surface area contributed by atoms with E-state index in [0.717, 1.165) is 24.3 Å². The fraction of sp³-hybridized carbons (Fsp3) is 0.588. The van der Waals surface area contributed by atoms with E-state index in [1.165, 1.54) is 0 Å².